The van der Waals surface area contributed by atoms with Crippen molar-refractivity contribution < 1.29 is 9.90 Å². The van der Waals surface area contributed by atoms with Crippen LogP contribution in [0, 0.1) is 10.5 Å². The summed E-state index contributed by atoms with van der Waals surface area (Å²) >= 11 is 5.62. The Kier molecular flexibility index (Phi) is 4.12. The van der Waals surface area contributed by atoms with Crippen molar-refractivity contribution >= 4 is 50.6 Å². The molecule has 0 spiro atoms. The third-order valence-corrected chi connectivity index (χ3v) is 2.97. The predicted octanol–water partition coefficient (Wildman–Crippen LogP) is 3.46. The average Bonchev–Trinajstić information content (AvgIpc) is 2.01. The lowest BCUT2D eigenvalue weighted by molar-refractivity contribution is -0.131. The number of halogens is 2. The number of hydrogen-bond donors (Lipinski definition) is 1. The van der Waals surface area contributed by atoms with E-state index in [9.17, 15) is 4.79 Å². The molecule has 1 aromatic rings. The average molecular weight is 367 g/mol. The molecule has 14 heavy (non-hydrogen) atoms. The third kappa shape index (κ3) is 3.09. The zero-order chi connectivity index (χ0) is 10.7. The fraction of sp³-hybridized carbons (Fsp3) is 0.100. The van der Waals surface area contributed by atoms with Crippen LogP contribution in [0.15, 0.2) is 22.7 Å². The van der Waals surface area contributed by atoms with Gasteiger partial charge in [0.2, 0.25) is 0 Å². The van der Waals surface area contributed by atoms with Crippen LogP contribution < -0.4 is 0 Å². The van der Waals surface area contributed by atoms with Crippen molar-refractivity contribution in [2.24, 2.45) is 0 Å². The van der Waals surface area contributed by atoms with Gasteiger partial charge in [0.25, 0.3) is 0 Å². The van der Waals surface area contributed by atoms with Gasteiger partial charge in [-0.05, 0) is 58.9 Å². The van der Waals surface area contributed by atoms with E-state index in [1.54, 1.807) is 6.08 Å². The molecule has 0 fully saturated rings. The van der Waals surface area contributed by atoms with Crippen molar-refractivity contribution in [1.82, 2.24) is 0 Å². The minimum Gasteiger partial charge on any atom is -0.478 e. The monoisotopic (exact) mass is 366 g/mol. The highest BCUT2D eigenvalue weighted by molar-refractivity contribution is 14.1. The van der Waals surface area contributed by atoms with Crippen LogP contribution in [0.3, 0.4) is 0 Å². The van der Waals surface area contributed by atoms with E-state index in [4.69, 9.17) is 5.11 Å². The summed E-state index contributed by atoms with van der Waals surface area (Å²) in [4.78, 5) is 10.4. The molecular formula is C10H8BrIO2. The second-order valence-electron chi connectivity index (χ2n) is 2.79. The first-order valence-corrected chi connectivity index (χ1v) is 5.74. The number of carboxylic acid groups (broad SMARTS) is 1. The van der Waals surface area contributed by atoms with E-state index in [0.717, 1.165) is 25.2 Å². The highest BCUT2D eigenvalue weighted by Crippen LogP contribution is 2.24. The SMILES string of the molecule is Cc1cc(I)cc(Br)c1/C=C/C(=O)O. The summed E-state index contributed by atoms with van der Waals surface area (Å²) in [5.74, 6) is -0.935. The molecule has 1 aromatic carbocycles. The Labute approximate surface area is 104 Å². The fourth-order valence-electron chi connectivity index (χ4n) is 1.08. The van der Waals surface area contributed by atoms with Gasteiger partial charge in [0.1, 0.15) is 0 Å². The van der Waals surface area contributed by atoms with E-state index in [1.165, 1.54) is 0 Å². The fourth-order valence-corrected chi connectivity index (χ4v) is 2.98. The maximum Gasteiger partial charge on any atom is 0.328 e. The molecule has 74 valence electrons. The lowest BCUT2D eigenvalue weighted by Crippen LogP contribution is -1.89. The highest BCUT2D eigenvalue weighted by Gasteiger charge is 2.02. The summed E-state index contributed by atoms with van der Waals surface area (Å²) in [6.45, 7) is 1.95. The third-order valence-electron chi connectivity index (χ3n) is 1.69. The summed E-state index contributed by atoms with van der Waals surface area (Å²) in [6.07, 6.45) is 2.73. The Bertz CT molecular complexity index is 376. The Morgan fingerprint density at radius 3 is 2.71 bits per heavy atom. The van der Waals surface area contributed by atoms with Gasteiger partial charge in [0, 0.05) is 14.1 Å². The van der Waals surface area contributed by atoms with Crippen LogP contribution in [-0.4, -0.2) is 11.1 Å². The molecule has 1 rings (SSSR count). The molecule has 0 bridgehead atoms. The lowest BCUT2D eigenvalue weighted by atomic mass is 10.1. The van der Waals surface area contributed by atoms with E-state index >= 15 is 0 Å². The number of carboxylic acids is 1. The number of rotatable bonds is 2. The van der Waals surface area contributed by atoms with Gasteiger partial charge < -0.3 is 5.11 Å². The second kappa shape index (κ2) is 4.93. The Balaban J connectivity index is 3.15. The second-order valence-corrected chi connectivity index (χ2v) is 4.89. The zero-order valence-corrected chi connectivity index (χ0v) is 11.2. The summed E-state index contributed by atoms with van der Waals surface area (Å²) in [6, 6.07) is 3.96. The minimum atomic E-state index is -0.935. The van der Waals surface area contributed by atoms with E-state index in [2.05, 4.69) is 38.5 Å². The molecular weight excluding hydrogens is 359 g/mol. The summed E-state index contributed by atoms with van der Waals surface area (Å²) in [5.41, 5.74) is 1.97. The molecule has 2 nitrogen and oxygen atoms in total. The van der Waals surface area contributed by atoms with Crippen LogP contribution in [0.25, 0.3) is 6.08 Å². The normalized spacial score (nSPS) is 10.8. The van der Waals surface area contributed by atoms with Crippen LogP contribution in [0.2, 0.25) is 0 Å². The van der Waals surface area contributed by atoms with Crippen molar-refractivity contribution in [2.75, 3.05) is 0 Å². The molecule has 1 N–H and O–H groups in total. The number of aliphatic carboxylic acids is 1. The van der Waals surface area contributed by atoms with E-state index in [1.807, 2.05) is 19.1 Å². The van der Waals surface area contributed by atoms with Crippen molar-refractivity contribution in [3.63, 3.8) is 0 Å². The number of carbonyl (C=O) groups is 1. The molecule has 4 heteroatoms. The van der Waals surface area contributed by atoms with Gasteiger partial charge in [-0.2, -0.15) is 0 Å². The maximum absolute atomic E-state index is 10.4. The van der Waals surface area contributed by atoms with Crippen molar-refractivity contribution in [3.8, 4) is 0 Å². The summed E-state index contributed by atoms with van der Waals surface area (Å²) in [7, 11) is 0. The van der Waals surface area contributed by atoms with Gasteiger partial charge in [0.05, 0.1) is 0 Å². The molecule has 0 saturated heterocycles. The predicted molar refractivity (Wildman–Crippen MR) is 68.3 cm³/mol. The topological polar surface area (TPSA) is 37.3 Å². The van der Waals surface area contributed by atoms with Gasteiger partial charge in [0.15, 0.2) is 0 Å². The van der Waals surface area contributed by atoms with Crippen molar-refractivity contribution in [3.05, 3.63) is 37.4 Å². The van der Waals surface area contributed by atoms with Crippen molar-refractivity contribution in [2.45, 2.75) is 6.92 Å². The largest absolute Gasteiger partial charge is 0.478 e. The number of aryl methyl sites for hydroxylation is 1. The molecule has 0 aliphatic carbocycles. The van der Waals surface area contributed by atoms with Crippen LogP contribution in [0.4, 0.5) is 0 Å². The summed E-state index contributed by atoms with van der Waals surface area (Å²) < 4.78 is 2.04. The van der Waals surface area contributed by atoms with E-state index < -0.39 is 5.97 Å². The summed E-state index contributed by atoms with van der Waals surface area (Å²) in [5, 5.41) is 8.51. The van der Waals surface area contributed by atoms with Gasteiger partial charge in [-0.3, -0.25) is 0 Å². The molecule has 0 radical (unpaired) electrons. The van der Waals surface area contributed by atoms with Gasteiger partial charge >= 0.3 is 5.97 Å². The maximum atomic E-state index is 10.4. The molecule has 0 aromatic heterocycles. The first kappa shape index (κ1) is 11.7. The standard InChI is InChI=1S/C10H8BrIO2/c1-6-4-7(12)5-9(11)8(6)2-3-10(13)14/h2-5H,1H3,(H,13,14)/b3-2+. The highest BCUT2D eigenvalue weighted by atomic mass is 127. The first-order chi connectivity index (χ1) is 6.50. The Morgan fingerprint density at radius 2 is 2.21 bits per heavy atom. The molecule has 0 heterocycles. The van der Waals surface area contributed by atoms with Crippen molar-refractivity contribution in [1.29, 1.82) is 0 Å². The Hall–Kier alpha value is -0.360. The molecule has 0 aliphatic rings. The first-order valence-electron chi connectivity index (χ1n) is 3.87. The minimum absolute atomic E-state index is 0.910. The Morgan fingerprint density at radius 1 is 1.57 bits per heavy atom. The molecule has 0 unspecified atom stereocenters. The molecule has 0 amide bonds. The molecule has 0 atom stereocenters. The number of hydrogen-bond acceptors (Lipinski definition) is 1. The molecule has 0 aliphatic heterocycles. The van der Waals surface area contributed by atoms with Crippen LogP contribution in [-0.2, 0) is 4.79 Å². The zero-order valence-electron chi connectivity index (χ0n) is 7.42. The quantitative estimate of drug-likeness (QED) is 0.642. The van der Waals surface area contributed by atoms with Crippen LogP contribution >= 0.6 is 38.5 Å². The van der Waals surface area contributed by atoms with Gasteiger partial charge in [-0.15, -0.1) is 0 Å². The van der Waals surface area contributed by atoms with Gasteiger partial charge in [-0.25, -0.2) is 4.79 Å². The van der Waals surface area contributed by atoms with Crippen LogP contribution in [0.5, 0.6) is 0 Å². The van der Waals surface area contributed by atoms with Gasteiger partial charge in [-0.1, -0.05) is 15.9 Å². The van der Waals surface area contributed by atoms with E-state index in [0.29, 0.717) is 0 Å². The molecule has 0 saturated carbocycles. The lowest BCUT2D eigenvalue weighted by Gasteiger charge is -2.04. The van der Waals surface area contributed by atoms with E-state index in [-0.39, 0.29) is 0 Å². The smallest absolute Gasteiger partial charge is 0.328 e. The van der Waals surface area contributed by atoms with Crippen LogP contribution in [0.1, 0.15) is 11.1 Å². The number of benzene rings is 1.